The minimum Gasteiger partial charge on any atom is -0.351 e. The second-order valence-electron chi connectivity index (χ2n) is 4.08. The minimum atomic E-state index is 0.159. The van der Waals surface area contributed by atoms with Gasteiger partial charge in [-0.15, -0.1) is 0 Å². The molecule has 0 radical (unpaired) electrons. The van der Waals surface area contributed by atoms with Crippen LogP contribution in [0.25, 0.3) is 11.1 Å². The summed E-state index contributed by atoms with van der Waals surface area (Å²) in [6.45, 7) is 2.53. The van der Waals surface area contributed by atoms with Gasteiger partial charge in [-0.1, -0.05) is 23.7 Å². The Morgan fingerprint density at radius 1 is 1.17 bits per heavy atom. The third-order valence-electron chi connectivity index (χ3n) is 2.56. The van der Waals surface area contributed by atoms with Crippen molar-refractivity contribution in [3.8, 4) is 11.1 Å². The van der Waals surface area contributed by atoms with E-state index in [2.05, 4.69) is 15.3 Å². The molecule has 2 rings (SSSR count). The highest BCUT2D eigenvalue weighted by atomic mass is 35.5. The summed E-state index contributed by atoms with van der Waals surface area (Å²) in [5, 5.41) is 3.83. The molecular formula is C13H15ClN4. The second-order valence-corrected chi connectivity index (χ2v) is 4.52. The highest BCUT2D eigenvalue weighted by Crippen LogP contribution is 2.20. The standard InChI is InChI=1S/C13H15ClN4/c1-9(6-15)18-13-16-7-11(8-17-13)10-2-4-12(14)5-3-10/h2-5,7-9H,6,15H2,1H3,(H,16,17,18). The van der Waals surface area contributed by atoms with Gasteiger partial charge in [0, 0.05) is 35.6 Å². The van der Waals surface area contributed by atoms with Crippen LogP contribution in [0.5, 0.6) is 0 Å². The molecule has 1 heterocycles. The van der Waals surface area contributed by atoms with Crippen molar-refractivity contribution in [3.63, 3.8) is 0 Å². The molecule has 1 aromatic carbocycles. The van der Waals surface area contributed by atoms with E-state index in [0.29, 0.717) is 12.5 Å². The van der Waals surface area contributed by atoms with Gasteiger partial charge in [-0.2, -0.15) is 0 Å². The topological polar surface area (TPSA) is 63.8 Å². The largest absolute Gasteiger partial charge is 0.351 e. The SMILES string of the molecule is CC(CN)Nc1ncc(-c2ccc(Cl)cc2)cn1. The summed E-state index contributed by atoms with van der Waals surface area (Å²) in [5.74, 6) is 0.589. The molecule has 0 saturated carbocycles. The molecule has 0 bridgehead atoms. The summed E-state index contributed by atoms with van der Waals surface area (Å²) in [7, 11) is 0. The van der Waals surface area contributed by atoms with Gasteiger partial charge in [-0.3, -0.25) is 0 Å². The van der Waals surface area contributed by atoms with Crippen molar-refractivity contribution in [2.75, 3.05) is 11.9 Å². The first-order valence-corrected chi connectivity index (χ1v) is 6.11. The number of aromatic nitrogens is 2. The fourth-order valence-electron chi connectivity index (χ4n) is 1.47. The van der Waals surface area contributed by atoms with Gasteiger partial charge < -0.3 is 11.1 Å². The molecular weight excluding hydrogens is 248 g/mol. The zero-order valence-electron chi connectivity index (χ0n) is 10.1. The Labute approximate surface area is 111 Å². The summed E-state index contributed by atoms with van der Waals surface area (Å²) >= 11 is 5.84. The maximum absolute atomic E-state index is 5.84. The Hall–Kier alpha value is -1.65. The van der Waals surface area contributed by atoms with E-state index >= 15 is 0 Å². The molecule has 0 fully saturated rings. The van der Waals surface area contributed by atoms with Gasteiger partial charge in [-0.25, -0.2) is 9.97 Å². The lowest BCUT2D eigenvalue weighted by Crippen LogP contribution is -2.26. The predicted molar refractivity (Wildman–Crippen MR) is 74.6 cm³/mol. The fraction of sp³-hybridized carbons (Fsp3) is 0.231. The van der Waals surface area contributed by atoms with Crippen LogP contribution >= 0.6 is 11.6 Å². The lowest BCUT2D eigenvalue weighted by Gasteiger charge is -2.10. The van der Waals surface area contributed by atoms with Gasteiger partial charge in [0.15, 0.2) is 0 Å². The van der Waals surface area contributed by atoms with Crippen LogP contribution in [0.3, 0.4) is 0 Å². The third kappa shape index (κ3) is 3.18. The second kappa shape index (κ2) is 5.80. The van der Waals surface area contributed by atoms with Crippen molar-refractivity contribution in [2.24, 2.45) is 5.73 Å². The predicted octanol–water partition coefficient (Wildman–Crippen LogP) is 2.56. The first-order valence-electron chi connectivity index (χ1n) is 5.73. The molecule has 0 aliphatic rings. The molecule has 18 heavy (non-hydrogen) atoms. The summed E-state index contributed by atoms with van der Waals surface area (Å²) in [6, 6.07) is 7.73. The van der Waals surface area contributed by atoms with Crippen molar-refractivity contribution >= 4 is 17.5 Å². The molecule has 0 aliphatic heterocycles. The van der Waals surface area contributed by atoms with Crippen LogP contribution in [0.2, 0.25) is 5.02 Å². The van der Waals surface area contributed by atoms with Gasteiger partial charge in [0.05, 0.1) is 0 Å². The molecule has 1 aromatic heterocycles. The van der Waals surface area contributed by atoms with Crippen LogP contribution in [-0.2, 0) is 0 Å². The van der Waals surface area contributed by atoms with Crippen LogP contribution in [0.4, 0.5) is 5.95 Å². The average molecular weight is 263 g/mol. The quantitative estimate of drug-likeness (QED) is 0.889. The number of halogens is 1. The third-order valence-corrected chi connectivity index (χ3v) is 2.81. The Bertz CT molecular complexity index is 495. The molecule has 1 atom stereocenters. The lowest BCUT2D eigenvalue weighted by molar-refractivity contribution is 0.790. The molecule has 0 aliphatic carbocycles. The fourth-order valence-corrected chi connectivity index (χ4v) is 1.60. The van der Waals surface area contributed by atoms with E-state index < -0.39 is 0 Å². The summed E-state index contributed by atoms with van der Waals surface area (Å²) in [5.41, 5.74) is 7.52. The molecule has 0 amide bonds. The van der Waals surface area contributed by atoms with E-state index in [1.54, 1.807) is 12.4 Å². The molecule has 4 nitrogen and oxygen atoms in total. The molecule has 3 N–H and O–H groups in total. The Kier molecular flexibility index (Phi) is 4.12. The van der Waals surface area contributed by atoms with Crippen molar-refractivity contribution in [2.45, 2.75) is 13.0 Å². The number of nitrogens with zero attached hydrogens (tertiary/aromatic N) is 2. The smallest absolute Gasteiger partial charge is 0.222 e. The molecule has 2 aromatic rings. The summed E-state index contributed by atoms with van der Waals surface area (Å²) in [6.07, 6.45) is 3.56. The van der Waals surface area contributed by atoms with E-state index in [0.717, 1.165) is 16.1 Å². The molecule has 94 valence electrons. The van der Waals surface area contributed by atoms with Gasteiger partial charge in [0.2, 0.25) is 5.95 Å². The maximum atomic E-state index is 5.84. The van der Waals surface area contributed by atoms with Gasteiger partial charge in [-0.05, 0) is 24.6 Å². The monoisotopic (exact) mass is 262 g/mol. The van der Waals surface area contributed by atoms with E-state index in [-0.39, 0.29) is 6.04 Å². The number of benzene rings is 1. The van der Waals surface area contributed by atoms with Gasteiger partial charge >= 0.3 is 0 Å². The number of rotatable bonds is 4. The van der Waals surface area contributed by atoms with Crippen LogP contribution in [0.1, 0.15) is 6.92 Å². The van der Waals surface area contributed by atoms with Crippen LogP contribution < -0.4 is 11.1 Å². The normalized spacial score (nSPS) is 12.2. The lowest BCUT2D eigenvalue weighted by atomic mass is 10.1. The van der Waals surface area contributed by atoms with E-state index in [1.165, 1.54) is 0 Å². The minimum absolute atomic E-state index is 0.159. The summed E-state index contributed by atoms with van der Waals surface area (Å²) < 4.78 is 0. The van der Waals surface area contributed by atoms with E-state index in [9.17, 15) is 0 Å². The zero-order valence-corrected chi connectivity index (χ0v) is 10.9. The van der Waals surface area contributed by atoms with Crippen molar-refractivity contribution in [3.05, 3.63) is 41.7 Å². The number of nitrogens with one attached hydrogen (secondary N) is 1. The first kappa shape index (κ1) is 12.8. The molecule has 0 saturated heterocycles. The van der Waals surface area contributed by atoms with Crippen molar-refractivity contribution in [1.82, 2.24) is 9.97 Å². The first-order chi connectivity index (χ1) is 8.69. The number of hydrogen-bond acceptors (Lipinski definition) is 4. The number of anilines is 1. The van der Waals surface area contributed by atoms with E-state index in [4.69, 9.17) is 17.3 Å². The van der Waals surface area contributed by atoms with E-state index in [1.807, 2.05) is 31.2 Å². The Morgan fingerprint density at radius 3 is 2.33 bits per heavy atom. The average Bonchev–Trinajstić information content (AvgIpc) is 2.40. The number of hydrogen-bond donors (Lipinski definition) is 2. The molecule has 1 unspecified atom stereocenters. The van der Waals surface area contributed by atoms with Crippen molar-refractivity contribution in [1.29, 1.82) is 0 Å². The van der Waals surface area contributed by atoms with Crippen LogP contribution in [-0.4, -0.2) is 22.6 Å². The molecule has 5 heteroatoms. The van der Waals surface area contributed by atoms with Gasteiger partial charge in [0.1, 0.15) is 0 Å². The van der Waals surface area contributed by atoms with Gasteiger partial charge in [0.25, 0.3) is 0 Å². The Balaban J connectivity index is 2.14. The maximum Gasteiger partial charge on any atom is 0.222 e. The molecule has 0 spiro atoms. The summed E-state index contributed by atoms with van der Waals surface area (Å²) in [4.78, 5) is 8.51. The zero-order chi connectivity index (χ0) is 13.0. The van der Waals surface area contributed by atoms with Crippen molar-refractivity contribution < 1.29 is 0 Å². The van der Waals surface area contributed by atoms with Crippen LogP contribution in [0.15, 0.2) is 36.7 Å². The highest BCUT2D eigenvalue weighted by Gasteiger charge is 2.03. The Morgan fingerprint density at radius 2 is 1.78 bits per heavy atom. The number of nitrogens with two attached hydrogens (primary N) is 1. The highest BCUT2D eigenvalue weighted by molar-refractivity contribution is 6.30. The van der Waals surface area contributed by atoms with Crippen LogP contribution in [0, 0.1) is 0 Å².